The lowest BCUT2D eigenvalue weighted by Gasteiger charge is -2.36. The topological polar surface area (TPSA) is 176 Å². The molecule has 0 bridgehead atoms. The van der Waals surface area contributed by atoms with E-state index in [0.29, 0.717) is 13.1 Å². The summed E-state index contributed by atoms with van der Waals surface area (Å²) in [5.41, 5.74) is 13.7. The lowest BCUT2D eigenvalue weighted by Crippen LogP contribution is -2.51. The van der Waals surface area contributed by atoms with Crippen LogP contribution in [0.5, 0.6) is 0 Å². The number of rotatable bonds is 10. The van der Waals surface area contributed by atoms with Crippen LogP contribution in [0.1, 0.15) is 135 Å². The van der Waals surface area contributed by atoms with Gasteiger partial charge in [0.1, 0.15) is 23.4 Å². The Kier molecular flexibility index (Phi) is 11.2. The van der Waals surface area contributed by atoms with Crippen LogP contribution in [0.3, 0.4) is 0 Å². The van der Waals surface area contributed by atoms with Crippen molar-refractivity contribution >= 4 is 40.0 Å². The number of nitrogens with two attached hydrogens (primary N) is 1. The third-order valence-corrected chi connectivity index (χ3v) is 12.7. The zero-order chi connectivity index (χ0) is 42.6. The SMILES string of the molecule is COC(=O)NC(C(=O)N1CCCC1c1ncc(-c2ccc3c(c2)cc2n3C(CC(C)(C)C)OC3=C2CCC(c2cnc(C4CCCN4C(=O)C(N)C(C)C)[nH]2)=C3)[nH]1)C(C)C. The Labute approximate surface area is 352 Å². The molecule has 1 aliphatic carbocycles. The quantitative estimate of drug-likeness (QED) is 0.124. The predicted octanol–water partition coefficient (Wildman–Crippen LogP) is 8.00. The number of allylic oxidation sites excluding steroid dienone is 3. The first-order valence-electron chi connectivity index (χ1n) is 21.7. The number of nitrogens with one attached hydrogen (secondary N) is 3. The number of methoxy groups -OCH3 is 1. The average Bonchev–Trinajstić information content (AvgIpc) is 4.06. The molecule has 5 N–H and O–H groups in total. The van der Waals surface area contributed by atoms with Crippen molar-refractivity contribution in [1.82, 2.24) is 39.6 Å². The van der Waals surface area contributed by atoms with Crippen LogP contribution < -0.4 is 11.1 Å². The first-order valence-corrected chi connectivity index (χ1v) is 21.7. The van der Waals surface area contributed by atoms with Gasteiger partial charge in [-0.1, -0.05) is 54.5 Å². The van der Waals surface area contributed by atoms with Crippen molar-refractivity contribution < 1.29 is 23.9 Å². The summed E-state index contributed by atoms with van der Waals surface area (Å²) in [5.74, 6) is 2.26. The van der Waals surface area contributed by atoms with Gasteiger partial charge in [-0.05, 0) is 85.6 Å². The van der Waals surface area contributed by atoms with Crippen LogP contribution >= 0.6 is 0 Å². The van der Waals surface area contributed by atoms with E-state index in [1.165, 1.54) is 18.4 Å². The van der Waals surface area contributed by atoms with E-state index in [9.17, 15) is 14.4 Å². The Morgan fingerprint density at radius 3 is 2.20 bits per heavy atom. The Balaban J connectivity index is 1.07. The van der Waals surface area contributed by atoms with Crippen LogP contribution in [0, 0.1) is 17.3 Å². The van der Waals surface area contributed by atoms with Crippen molar-refractivity contribution in [3.8, 4) is 11.3 Å². The summed E-state index contributed by atoms with van der Waals surface area (Å²) in [6.07, 6.45) is 11.0. The third kappa shape index (κ3) is 7.86. The fourth-order valence-electron chi connectivity index (χ4n) is 9.38. The largest absolute Gasteiger partial charge is 0.470 e. The second-order valence-electron chi connectivity index (χ2n) is 18.9. The van der Waals surface area contributed by atoms with Crippen molar-refractivity contribution in [2.24, 2.45) is 23.0 Å². The lowest BCUT2D eigenvalue weighted by atomic mass is 9.89. The summed E-state index contributed by atoms with van der Waals surface area (Å²) < 4.78 is 14.1. The van der Waals surface area contributed by atoms with Gasteiger partial charge in [0.2, 0.25) is 11.8 Å². The highest BCUT2D eigenvalue weighted by molar-refractivity contribution is 5.92. The van der Waals surface area contributed by atoms with E-state index in [4.69, 9.17) is 25.2 Å². The van der Waals surface area contributed by atoms with Gasteiger partial charge in [-0.25, -0.2) is 14.8 Å². The van der Waals surface area contributed by atoms with Gasteiger partial charge < -0.3 is 44.9 Å². The molecule has 0 saturated carbocycles. The summed E-state index contributed by atoms with van der Waals surface area (Å²) >= 11 is 0. The number of aromatic nitrogens is 5. The molecule has 3 aliphatic heterocycles. The van der Waals surface area contributed by atoms with E-state index in [0.717, 1.165) is 95.8 Å². The molecular formula is C46H61N9O5. The van der Waals surface area contributed by atoms with Crippen LogP contribution in [0.25, 0.3) is 33.3 Å². The number of imidazole rings is 2. The van der Waals surface area contributed by atoms with Gasteiger partial charge in [-0.2, -0.15) is 0 Å². The normalized spacial score (nSPS) is 21.6. The number of H-pyrrole nitrogens is 2. The molecule has 5 atom stereocenters. The highest BCUT2D eigenvalue weighted by atomic mass is 16.5. The molecule has 5 unspecified atom stereocenters. The number of hydrogen-bond donors (Lipinski definition) is 4. The van der Waals surface area contributed by atoms with E-state index in [2.05, 4.69) is 71.0 Å². The molecule has 3 amide bonds. The average molecular weight is 820 g/mol. The Hall–Kier alpha value is -5.37. The first kappa shape index (κ1) is 41.4. The highest BCUT2D eigenvalue weighted by Gasteiger charge is 2.39. The smallest absolute Gasteiger partial charge is 0.407 e. The number of carbonyl (C=O) groups excluding carboxylic acids is 3. The maximum absolute atomic E-state index is 13.7. The van der Waals surface area contributed by atoms with E-state index in [1.807, 2.05) is 49.9 Å². The molecule has 1 aromatic carbocycles. The second-order valence-corrected chi connectivity index (χ2v) is 18.9. The molecule has 3 aromatic heterocycles. The van der Waals surface area contributed by atoms with Gasteiger partial charge in [0, 0.05) is 36.0 Å². The lowest BCUT2D eigenvalue weighted by molar-refractivity contribution is -0.136. The van der Waals surface area contributed by atoms with Crippen LogP contribution in [0.15, 0.2) is 48.5 Å². The maximum Gasteiger partial charge on any atom is 0.407 e. The van der Waals surface area contributed by atoms with Crippen molar-refractivity contribution in [2.75, 3.05) is 20.2 Å². The summed E-state index contributed by atoms with van der Waals surface area (Å²) in [6.45, 7) is 15.8. The zero-order valence-electron chi connectivity index (χ0n) is 36.3. The fraction of sp³-hybridized carbons (Fsp3) is 0.543. The number of nitrogens with zero attached hydrogens (tertiary/aromatic N) is 5. The molecule has 4 aromatic rings. The monoisotopic (exact) mass is 819 g/mol. The minimum Gasteiger partial charge on any atom is -0.470 e. The van der Waals surface area contributed by atoms with Crippen molar-refractivity contribution in [2.45, 2.75) is 124 Å². The van der Waals surface area contributed by atoms with Gasteiger partial charge >= 0.3 is 6.09 Å². The number of alkyl carbamates (subject to hydrolysis) is 1. The van der Waals surface area contributed by atoms with Crippen LogP contribution in [0.2, 0.25) is 0 Å². The molecule has 6 heterocycles. The van der Waals surface area contributed by atoms with Crippen LogP contribution in [0.4, 0.5) is 4.79 Å². The standard InChI is InChI=1S/C46H61N9O5/c1-25(2)39(47)43(56)53-17-9-11-34(53)41-49-24-32(51-41)28-13-15-30-36-20-29-19-27(14-16-33(29)55(36)38(22-46(5,6)7)60-37(30)21-28)31-23-48-42(50-31)35-12-10-18-54(35)44(57)40(26(3)4)52-45(58)59-8/h14,16,19-21,23-26,34-35,38-40H,9-13,15,17-18,22,47H2,1-8H3,(H,48,50)(H,49,51)(H,52,58). The second kappa shape index (κ2) is 16.2. The molecule has 14 heteroatoms. The number of aromatic amines is 2. The highest BCUT2D eigenvalue weighted by Crippen LogP contribution is 2.47. The van der Waals surface area contributed by atoms with Gasteiger partial charge in [0.25, 0.3) is 0 Å². The molecule has 2 fully saturated rings. The molecule has 8 rings (SSSR count). The van der Waals surface area contributed by atoms with Crippen LogP contribution in [-0.4, -0.2) is 84.5 Å². The number of fused-ring (bicyclic) bond motifs is 4. The molecule has 320 valence electrons. The molecule has 0 radical (unpaired) electrons. The minimum absolute atomic E-state index is 0.00506. The van der Waals surface area contributed by atoms with Crippen LogP contribution in [-0.2, 0) is 19.1 Å². The number of hydrogen-bond acceptors (Lipinski definition) is 8. The van der Waals surface area contributed by atoms with Gasteiger partial charge in [-0.15, -0.1) is 0 Å². The number of ether oxygens (including phenoxy) is 2. The summed E-state index contributed by atoms with van der Waals surface area (Å²) in [7, 11) is 1.30. The number of carbonyl (C=O) groups is 3. The Morgan fingerprint density at radius 2 is 1.57 bits per heavy atom. The summed E-state index contributed by atoms with van der Waals surface area (Å²) in [6, 6.07) is 7.27. The Bertz CT molecular complexity index is 2340. The molecule has 0 spiro atoms. The van der Waals surface area contributed by atoms with E-state index in [1.54, 1.807) is 0 Å². The number of benzene rings is 1. The maximum atomic E-state index is 13.7. The number of amides is 3. The summed E-state index contributed by atoms with van der Waals surface area (Å²) in [4.78, 5) is 59.5. The van der Waals surface area contributed by atoms with E-state index in [-0.39, 0.29) is 47.4 Å². The van der Waals surface area contributed by atoms with Gasteiger partial charge in [0.15, 0.2) is 6.23 Å². The fourth-order valence-corrected chi connectivity index (χ4v) is 9.38. The van der Waals surface area contributed by atoms with Crippen molar-refractivity contribution in [3.63, 3.8) is 0 Å². The van der Waals surface area contributed by atoms with Crippen molar-refractivity contribution in [1.29, 1.82) is 0 Å². The predicted molar refractivity (Wildman–Crippen MR) is 231 cm³/mol. The van der Waals surface area contributed by atoms with Crippen molar-refractivity contribution in [3.05, 3.63) is 71.5 Å². The Morgan fingerprint density at radius 1 is 0.917 bits per heavy atom. The van der Waals surface area contributed by atoms with E-state index < -0.39 is 18.2 Å². The minimum atomic E-state index is -0.692. The summed E-state index contributed by atoms with van der Waals surface area (Å²) in [5, 5.41) is 3.84. The first-order chi connectivity index (χ1) is 28.6. The zero-order valence-corrected chi connectivity index (χ0v) is 36.3. The van der Waals surface area contributed by atoms with Gasteiger partial charge in [0.05, 0.1) is 60.2 Å². The van der Waals surface area contributed by atoms with E-state index >= 15 is 0 Å². The molecule has 4 aliphatic rings. The molecular weight excluding hydrogens is 759 g/mol. The molecule has 14 nitrogen and oxygen atoms in total. The third-order valence-electron chi connectivity index (χ3n) is 12.7. The number of likely N-dealkylation sites (tertiary alicyclic amines) is 2. The van der Waals surface area contributed by atoms with Gasteiger partial charge in [-0.3, -0.25) is 9.59 Å². The molecule has 2 saturated heterocycles. The molecule has 60 heavy (non-hydrogen) atoms.